The van der Waals surface area contributed by atoms with Crippen molar-refractivity contribution in [3.05, 3.63) is 88.8 Å². The summed E-state index contributed by atoms with van der Waals surface area (Å²) < 4.78 is 13.2. The zero-order chi connectivity index (χ0) is 18.5. The van der Waals surface area contributed by atoms with E-state index in [-0.39, 0.29) is 10.9 Å². The van der Waals surface area contributed by atoms with Crippen molar-refractivity contribution in [3.8, 4) is 0 Å². The lowest BCUT2D eigenvalue weighted by Crippen LogP contribution is -2.26. The molecule has 1 N–H and O–H groups in total. The highest BCUT2D eigenvalue weighted by Gasteiger charge is 2.12. The number of rotatable bonds is 5. The second-order valence-corrected chi connectivity index (χ2v) is 6.24. The fraction of sp³-hybridized carbons (Fsp3) is 0.100. The van der Waals surface area contributed by atoms with E-state index in [1.54, 1.807) is 30.1 Å². The van der Waals surface area contributed by atoms with E-state index in [9.17, 15) is 9.18 Å². The van der Waals surface area contributed by atoms with Crippen molar-refractivity contribution in [2.75, 3.05) is 12.4 Å². The topological polar surface area (TPSA) is 45.2 Å². The van der Waals surface area contributed by atoms with Crippen LogP contribution < -0.4 is 5.32 Å². The molecule has 0 bridgehead atoms. The molecule has 0 saturated heterocycles. The Morgan fingerprint density at radius 3 is 2.58 bits per heavy atom. The number of hydrogen-bond donors (Lipinski definition) is 1. The third-order valence-electron chi connectivity index (χ3n) is 3.81. The van der Waals surface area contributed by atoms with Crippen LogP contribution in [0.5, 0.6) is 0 Å². The molecule has 132 valence electrons. The van der Waals surface area contributed by atoms with Crippen LogP contribution in [-0.2, 0) is 6.54 Å². The van der Waals surface area contributed by atoms with Crippen LogP contribution in [0.2, 0.25) is 5.02 Å². The lowest BCUT2D eigenvalue weighted by atomic mass is 10.2. The maximum atomic E-state index is 13.2. The number of anilines is 2. The molecule has 0 aliphatic rings. The van der Waals surface area contributed by atoms with E-state index in [0.717, 1.165) is 5.56 Å². The molecular weight excluding hydrogens is 353 g/mol. The molecule has 0 atom stereocenters. The summed E-state index contributed by atoms with van der Waals surface area (Å²) in [6, 6.07) is 17.5. The van der Waals surface area contributed by atoms with Crippen molar-refractivity contribution < 1.29 is 9.18 Å². The minimum Gasteiger partial charge on any atom is -0.340 e. The molecule has 0 spiro atoms. The highest BCUT2D eigenvalue weighted by molar-refractivity contribution is 6.31. The second-order valence-electron chi connectivity index (χ2n) is 5.83. The van der Waals surface area contributed by atoms with Gasteiger partial charge in [0.25, 0.3) is 5.91 Å². The first-order valence-electron chi connectivity index (χ1n) is 8.00. The second kappa shape index (κ2) is 7.97. The maximum absolute atomic E-state index is 13.2. The summed E-state index contributed by atoms with van der Waals surface area (Å²) in [4.78, 5) is 18.4. The van der Waals surface area contributed by atoms with Crippen molar-refractivity contribution in [2.24, 2.45) is 0 Å². The predicted molar refractivity (Wildman–Crippen MR) is 101 cm³/mol. The van der Waals surface area contributed by atoms with Gasteiger partial charge in [-0.2, -0.15) is 0 Å². The molecule has 26 heavy (non-hydrogen) atoms. The normalized spacial score (nSPS) is 10.4. The molecule has 3 rings (SSSR count). The lowest BCUT2D eigenvalue weighted by molar-refractivity contribution is 0.0784. The molecule has 1 amide bonds. The van der Waals surface area contributed by atoms with Gasteiger partial charge in [-0.25, -0.2) is 9.37 Å². The van der Waals surface area contributed by atoms with Gasteiger partial charge in [0, 0.05) is 25.5 Å². The van der Waals surface area contributed by atoms with Gasteiger partial charge in [-0.15, -0.1) is 0 Å². The number of halogens is 2. The van der Waals surface area contributed by atoms with Crippen molar-refractivity contribution in [3.63, 3.8) is 0 Å². The molecule has 6 heteroatoms. The zero-order valence-corrected chi connectivity index (χ0v) is 14.9. The van der Waals surface area contributed by atoms with Gasteiger partial charge in [0.2, 0.25) is 0 Å². The van der Waals surface area contributed by atoms with E-state index >= 15 is 0 Å². The third-order valence-corrected chi connectivity index (χ3v) is 4.10. The molecule has 0 radical (unpaired) electrons. The van der Waals surface area contributed by atoms with Crippen LogP contribution in [0.15, 0.2) is 66.9 Å². The van der Waals surface area contributed by atoms with Gasteiger partial charge in [0.1, 0.15) is 11.6 Å². The van der Waals surface area contributed by atoms with E-state index < -0.39 is 5.82 Å². The number of carbonyl (C=O) groups is 1. The molecular formula is C20H17ClFN3O. The first-order chi connectivity index (χ1) is 12.5. The molecule has 4 nitrogen and oxygen atoms in total. The number of carbonyl (C=O) groups excluding carboxylic acids is 1. The van der Waals surface area contributed by atoms with Crippen LogP contribution in [0.25, 0.3) is 0 Å². The Hall–Kier alpha value is -2.92. The minimum absolute atomic E-state index is 0.0318. The van der Waals surface area contributed by atoms with Crippen LogP contribution in [0.1, 0.15) is 15.9 Å². The molecule has 0 fully saturated rings. The molecule has 1 heterocycles. The van der Waals surface area contributed by atoms with Gasteiger partial charge in [0.15, 0.2) is 0 Å². The quantitative estimate of drug-likeness (QED) is 0.696. The highest BCUT2D eigenvalue weighted by Crippen LogP contribution is 2.22. The molecule has 2 aromatic carbocycles. The number of pyridine rings is 1. The summed E-state index contributed by atoms with van der Waals surface area (Å²) in [7, 11) is 1.75. The van der Waals surface area contributed by atoms with Crippen LogP contribution >= 0.6 is 11.6 Å². The first kappa shape index (κ1) is 17.9. The molecule has 3 aromatic rings. The summed E-state index contributed by atoms with van der Waals surface area (Å²) in [5.41, 5.74) is 2.16. The first-order valence-corrected chi connectivity index (χ1v) is 8.38. The summed E-state index contributed by atoms with van der Waals surface area (Å²) in [6.45, 7) is 0.522. The lowest BCUT2D eigenvalue weighted by Gasteiger charge is -2.17. The predicted octanol–water partition coefficient (Wildman–Crippen LogP) is 4.89. The average Bonchev–Trinajstić information content (AvgIpc) is 2.65. The van der Waals surface area contributed by atoms with Crippen molar-refractivity contribution in [1.82, 2.24) is 9.88 Å². The van der Waals surface area contributed by atoms with Crippen LogP contribution in [0.4, 0.5) is 15.9 Å². The van der Waals surface area contributed by atoms with E-state index in [1.807, 2.05) is 30.3 Å². The molecule has 0 aliphatic heterocycles. The Kier molecular flexibility index (Phi) is 5.49. The number of aromatic nitrogens is 1. The van der Waals surface area contributed by atoms with Crippen LogP contribution in [0.3, 0.4) is 0 Å². The monoisotopic (exact) mass is 369 g/mol. The molecule has 0 unspecified atom stereocenters. The maximum Gasteiger partial charge on any atom is 0.255 e. The van der Waals surface area contributed by atoms with Crippen LogP contribution in [-0.4, -0.2) is 22.8 Å². The summed E-state index contributed by atoms with van der Waals surface area (Å²) >= 11 is 5.76. The number of hydrogen-bond acceptors (Lipinski definition) is 3. The summed E-state index contributed by atoms with van der Waals surface area (Å²) in [6.07, 6.45) is 1.51. The number of benzene rings is 2. The molecule has 0 aliphatic carbocycles. The van der Waals surface area contributed by atoms with Gasteiger partial charge >= 0.3 is 0 Å². The third kappa shape index (κ3) is 4.37. The highest BCUT2D eigenvalue weighted by atomic mass is 35.5. The summed E-state index contributed by atoms with van der Waals surface area (Å²) in [5.74, 6) is -0.0553. The largest absolute Gasteiger partial charge is 0.340 e. The Morgan fingerprint density at radius 2 is 1.92 bits per heavy atom. The van der Waals surface area contributed by atoms with Crippen molar-refractivity contribution >= 4 is 29.0 Å². The zero-order valence-electron chi connectivity index (χ0n) is 14.1. The van der Waals surface area contributed by atoms with E-state index in [4.69, 9.17) is 11.6 Å². The van der Waals surface area contributed by atoms with Crippen molar-refractivity contribution in [2.45, 2.75) is 6.54 Å². The minimum atomic E-state index is -0.479. The number of amides is 1. The Bertz CT molecular complexity index is 901. The van der Waals surface area contributed by atoms with Gasteiger partial charge in [-0.3, -0.25) is 4.79 Å². The summed E-state index contributed by atoms with van der Waals surface area (Å²) in [5, 5.41) is 3.05. The fourth-order valence-corrected chi connectivity index (χ4v) is 2.65. The standard InChI is InChI=1S/C20H17ClFN3O/c1-25(13-14-5-3-2-4-6-14)20(26)15-7-10-19(23-12-15)24-16-8-9-18(22)17(21)11-16/h2-12H,13H2,1H3,(H,23,24). The van der Waals surface area contributed by atoms with E-state index in [0.29, 0.717) is 23.6 Å². The van der Waals surface area contributed by atoms with Crippen molar-refractivity contribution in [1.29, 1.82) is 0 Å². The van der Waals surface area contributed by atoms with Crippen LogP contribution in [0, 0.1) is 5.82 Å². The van der Waals surface area contributed by atoms with Gasteiger partial charge in [-0.05, 0) is 35.9 Å². The van der Waals surface area contributed by atoms with Gasteiger partial charge in [0.05, 0.1) is 10.6 Å². The number of nitrogens with zero attached hydrogens (tertiary/aromatic N) is 2. The van der Waals surface area contributed by atoms with E-state index in [1.165, 1.54) is 18.3 Å². The fourth-order valence-electron chi connectivity index (χ4n) is 2.47. The van der Waals surface area contributed by atoms with Gasteiger partial charge < -0.3 is 10.2 Å². The van der Waals surface area contributed by atoms with Gasteiger partial charge in [-0.1, -0.05) is 41.9 Å². The smallest absolute Gasteiger partial charge is 0.255 e. The Morgan fingerprint density at radius 1 is 1.15 bits per heavy atom. The molecule has 1 aromatic heterocycles. The SMILES string of the molecule is CN(Cc1ccccc1)C(=O)c1ccc(Nc2ccc(F)c(Cl)c2)nc1. The molecule has 0 saturated carbocycles. The van der Waals surface area contributed by atoms with E-state index in [2.05, 4.69) is 10.3 Å². The number of nitrogens with one attached hydrogen (secondary N) is 1. The Labute approximate surface area is 156 Å². The Balaban J connectivity index is 1.66. The average molecular weight is 370 g/mol.